The monoisotopic (exact) mass is 195 g/mol. The van der Waals surface area contributed by atoms with Gasteiger partial charge in [0.1, 0.15) is 0 Å². The fraction of sp³-hybridized carbons (Fsp3) is 0.727. The molecule has 0 aromatic heterocycles. The Morgan fingerprint density at radius 1 is 1.21 bits per heavy atom. The van der Waals surface area contributed by atoms with Gasteiger partial charge in [0.05, 0.1) is 5.92 Å². The Balaban J connectivity index is 1.89. The molecule has 2 aliphatic rings. The first-order valence-corrected chi connectivity index (χ1v) is 5.42. The van der Waals surface area contributed by atoms with E-state index in [1.807, 2.05) is 6.08 Å². The molecule has 0 aromatic carbocycles. The number of likely N-dealkylation sites (tertiary alicyclic amines) is 1. The average Bonchev–Trinajstić information content (AvgIpc) is 2.68. The Labute approximate surface area is 84.4 Å². The van der Waals surface area contributed by atoms with Crippen molar-refractivity contribution < 1.29 is 9.90 Å². The van der Waals surface area contributed by atoms with Gasteiger partial charge in [-0.3, -0.25) is 9.69 Å². The van der Waals surface area contributed by atoms with Crippen LogP contribution >= 0.6 is 0 Å². The summed E-state index contributed by atoms with van der Waals surface area (Å²) in [6.45, 7) is 2.28. The van der Waals surface area contributed by atoms with Crippen molar-refractivity contribution in [2.75, 3.05) is 13.1 Å². The average molecular weight is 195 g/mol. The molecule has 0 bridgehead atoms. The summed E-state index contributed by atoms with van der Waals surface area (Å²) in [5.74, 6) is -0.928. The van der Waals surface area contributed by atoms with E-state index in [9.17, 15) is 4.79 Å². The lowest BCUT2D eigenvalue weighted by atomic mass is 10.0. The summed E-state index contributed by atoms with van der Waals surface area (Å²) in [6, 6.07) is 0.386. The van der Waals surface area contributed by atoms with Gasteiger partial charge in [0.25, 0.3) is 0 Å². The highest BCUT2D eigenvalue weighted by Gasteiger charge is 2.28. The molecule has 3 heteroatoms. The molecule has 2 atom stereocenters. The van der Waals surface area contributed by atoms with Gasteiger partial charge in [0.2, 0.25) is 0 Å². The highest BCUT2D eigenvalue weighted by molar-refractivity contribution is 5.73. The van der Waals surface area contributed by atoms with E-state index in [1.165, 1.54) is 19.3 Å². The second-order valence-corrected chi connectivity index (χ2v) is 4.23. The van der Waals surface area contributed by atoms with Crippen LogP contribution in [0, 0.1) is 5.92 Å². The fourth-order valence-electron chi connectivity index (χ4n) is 2.38. The summed E-state index contributed by atoms with van der Waals surface area (Å²) < 4.78 is 0. The van der Waals surface area contributed by atoms with Crippen molar-refractivity contribution in [2.45, 2.75) is 31.7 Å². The number of hydrogen-bond donors (Lipinski definition) is 1. The standard InChI is InChI=1S/C11H17NO2/c13-11(14)9-4-5-10(8-9)12-6-2-1-3-7-12/h4-5,9-10H,1-3,6-8H2,(H,13,14). The highest BCUT2D eigenvalue weighted by Crippen LogP contribution is 2.24. The van der Waals surface area contributed by atoms with E-state index in [2.05, 4.69) is 11.0 Å². The molecule has 3 nitrogen and oxygen atoms in total. The van der Waals surface area contributed by atoms with Crippen molar-refractivity contribution in [3.05, 3.63) is 12.2 Å². The number of carbonyl (C=O) groups is 1. The summed E-state index contributed by atoms with van der Waals surface area (Å²) in [5, 5.41) is 8.86. The Morgan fingerprint density at radius 2 is 1.93 bits per heavy atom. The summed E-state index contributed by atoms with van der Waals surface area (Å²) >= 11 is 0. The number of hydrogen-bond acceptors (Lipinski definition) is 2. The minimum atomic E-state index is -0.680. The lowest BCUT2D eigenvalue weighted by molar-refractivity contribution is -0.140. The van der Waals surface area contributed by atoms with E-state index < -0.39 is 5.97 Å². The molecule has 1 fully saturated rings. The molecular weight excluding hydrogens is 178 g/mol. The molecular formula is C11H17NO2. The third-order valence-electron chi connectivity index (χ3n) is 3.24. The van der Waals surface area contributed by atoms with Gasteiger partial charge in [0, 0.05) is 6.04 Å². The Bertz CT molecular complexity index is 244. The van der Waals surface area contributed by atoms with Gasteiger partial charge in [-0.1, -0.05) is 18.6 Å². The maximum atomic E-state index is 10.8. The highest BCUT2D eigenvalue weighted by atomic mass is 16.4. The van der Waals surface area contributed by atoms with Gasteiger partial charge in [-0.2, -0.15) is 0 Å². The largest absolute Gasteiger partial charge is 0.481 e. The van der Waals surface area contributed by atoms with Crippen LogP contribution in [0.2, 0.25) is 0 Å². The molecule has 0 saturated carbocycles. The molecule has 2 unspecified atom stereocenters. The fourth-order valence-corrected chi connectivity index (χ4v) is 2.38. The number of aliphatic carboxylic acids is 1. The van der Waals surface area contributed by atoms with Crippen molar-refractivity contribution in [1.82, 2.24) is 4.90 Å². The predicted molar refractivity (Wildman–Crippen MR) is 54.1 cm³/mol. The van der Waals surface area contributed by atoms with Gasteiger partial charge < -0.3 is 5.11 Å². The van der Waals surface area contributed by atoms with Crippen LogP contribution in [-0.2, 0) is 4.79 Å². The molecule has 1 heterocycles. The molecule has 0 amide bonds. The first kappa shape index (κ1) is 9.71. The molecule has 14 heavy (non-hydrogen) atoms. The number of carboxylic acids is 1. The molecule has 1 aliphatic carbocycles. The Morgan fingerprint density at radius 3 is 2.50 bits per heavy atom. The van der Waals surface area contributed by atoms with Crippen molar-refractivity contribution in [3.8, 4) is 0 Å². The minimum Gasteiger partial charge on any atom is -0.481 e. The zero-order valence-corrected chi connectivity index (χ0v) is 8.35. The summed E-state index contributed by atoms with van der Waals surface area (Å²) in [5.41, 5.74) is 0. The van der Waals surface area contributed by atoms with Gasteiger partial charge in [-0.25, -0.2) is 0 Å². The van der Waals surface area contributed by atoms with Crippen LogP contribution in [0.3, 0.4) is 0 Å². The van der Waals surface area contributed by atoms with Crippen LogP contribution in [0.25, 0.3) is 0 Å². The lowest BCUT2D eigenvalue weighted by Crippen LogP contribution is -2.37. The van der Waals surface area contributed by atoms with Crippen molar-refractivity contribution in [2.24, 2.45) is 5.92 Å². The lowest BCUT2D eigenvalue weighted by Gasteiger charge is -2.31. The third-order valence-corrected chi connectivity index (χ3v) is 3.24. The van der Waals surface area contributed by atoms with Crippen LogP contribution < -0.4 is 0 Å². The maximum Gasteiger partial charge on any atom is 0.310 e. The first-order valence-electron chi connectivity index (χ1n) is 5.42. The van der Waals surface area contributed by atoms with Crippen LogP contribution in [0.4, 0.5) is 0 Å². The second-order valence-electron chi connectivity index (χ2n) is 4.23. The van der Waals surface area contributed by atoms with E-state index in [-0.39, 0.29) is 5.92 Å². The normalized spacial score (nSPS) is 33.4. The number of rotatable bonds is 2. The van der Waals surface area contributed by atoms with Gasteiger partial charge >= 0.3 is 5.97 Å². The van der Waals surface area contributed by atoms with Crippen molar-refractivity contribution >= 4 is 5.97 Å². The summed E-state index contributed by atoms with van der Waals surface area (Å²) in [6.07, 6.45) is 8.56. The van der Waals surface area contributed by atoms with Gasteiger partial charge in [-0.15, -0.1) is 0 Å². The van der Waals surface area contributed by atoms with Crippen LogP contribution in [0.1, 0.15) is 25.7 Å². The van der Waals surface area contributed by atoms with E-state index in [0.29, 0.717) is 6.04 Å². The van der Waals surface area contributed by atoms with Gasteiger partial charge in [-0.05, 0) is 32.4 Å². The number of carboxylic acid groups (broad SMARTS) is 1. The second kappa shape index (κ2) is 4.13. The number of nitrogens with zero attached hydrogens (tertiary/aromatic N) is 1. The molecule has 1 aliphatic heterocycles. The Kier molecular flexibility index (Phi) is 2.87. The zero-order chi connectivity index (χ0) is 9.97. The number of piperidine rings is 1. The molecule has 1 N–H and O–H groups in total. The predicted octanol–water partition coefficient (Wildman–Crippen LogP) is 1.50. The van der Waals surface area contributed by atoms with Crippen LogP contribution in [-0.4, -0.2) is 35.1 Å². The smallest absolute Gasteiger partial charge is 0.310 e. The van der Waals surface area contributed by atoms with E-state index in [1.54, 1.807) is 0 Å². The zero-order valence-electron chi connectivity index (χ0n) is 8.35. The van der Waals surface area contributed by atoms with Crippen LogP contribution in [0.5, 0.6) is 0 Å². The molecule has 0 radical (unpaired) electrons. The quantitative estimate of drug-likeness (QED) is 0.679. The topological polar surface area (TPSA) is 40.5 Å². The minimum absolute atomic E-state index is 0.248. The first-order chi connectivity index (χ1) is 6.77. The van der Waals surface area contributed by atoms with Crippen molar-refractivity contribution in [3.63, 3.8) is 0 Å². The van der Waals surface area contributed by atoms with E-state index in [4.69, 9.17) is 5.11 Å². The Hall–Kier alpha value is -0.830. The molecule has 0 aromatic rings. The molecule has 1 saturated heterocycles. The van der Waals surface area contributed by atoms with Crippen molar-refractivity contribution in [1.29, 1.82) is 0 Å². The molecule has 78 valence electrons. The van der Waals surface area contributed by atoms with E-state index >= 15 is 0 Å². The summed E-state index contributed by atoms with van der Waals surface area (Å²) in [7, 11) is 0. The maximum absolute atomic E-state index is 10.8. The summed E-state index contributed by atoms with van der Waals surface area (Å²) in [4.78, 5) is 13.2. The van der Waals surface area contributed by atoms with Gasteiger partial charge in [0.15, 0.2) is 0 Å². The van der Waals surface area contributed by atoms with Crippen LogP contribution in [0.15, 0.2) is 12.2 Å². The molecule has 0 spiro atoms. The molecule has 2 rings (SSSR count). The SMILES string of the molecule is O=C(O)C1C=CC(N2CCCCC2)C1. The third kappa shape index (κ3) is 1.98. The van der Waals surface area contributed by atoms with E-state index in [0.717, 1.165) is 19.5 Å².